The van der Waals surface area contributed by atoms with E-state index in [0.29, 0.717) is 11.3 Å². The van der Waals surface area contributed by atoms with Gasteiger partial charge in [0.05, 0.1) is 11.3 Å². The van der Waals surface area contributed by atoms with Crippen LogP contribution in [0.1, 0.15) is 5.56 Å². The van der Waals surface area contributed by atoms with Crippen molar-refractivity contribution in [3.05, 3.63) is 102 Å². The number of amides is 2. The van der Waals surface area contributed by atoms with Gasteiger partial charge in [0.2, 0.25) is 0 Å². The quantitative estimate of drug-likeness (QED) is 0.596. The normalized spacial score (nSPS) is 13.9. The summed E-state index contributed by atoms with van der Waals surface area (Å²) in [6.45, 7) is 0. The molecular weight excluding hydrogens is 393 g/mol. The van der Waals surface area contributed by atoms with Crippen LogP contribution in [0.4, 0.5) is 24.5 Å². The molecule has 0 aliphatic carbocycles. The molecule has 0 saturated carbocycles. The summed E-state index contributed by atoms with van der Waals surface area (Å²) in [4.78, 5) is 28.9. The Kier molecular flexibility index (Phi) is 4.87. The molecule has 3 aromatic rings. The number of carbonyl (C=O) groups is 2. The molecule has 0 spiro atoms. The molecule has 0 radical (unpaired) electrons. The number of imide groups is 1. The molecule has 2 amide bonds. The van der Waals surface area contributed by atoms with Crippen LogP contribution in [0.5, 0.6) is 0 Å². The molecule has 4 nitrogen and oxygen atoms in total. The van der Waals surface area contributed by atoms with E-state index in [1.165, 1.54) is 24.3 Å². The molecule has 0 N–H and O–H groups in total. The second kappa shape index (κ2) is 7.51. The van der Waals surface area contributed by atoms with Gasteiger partial charge in [-0.2, -0.15) is 0 Å². The molecule has 4 rings (SSSR count). The fourth-order valence-electron chi connectivity index (χ4n) is 3.35. The number of carbonyl (C=O) groups excluding carboxylic acids is 2. The summed E-state index contributed by atoms with van der Waals surface area (Å²) in [6.07, 6.45) is 0. The molecule has 150 valence electrons. The smallest absolute Gasteiger partial charge is 0.282 e. The van der Waals surface area contributed by atoms with Crippen molar-refractivity contribution in [1.82, 2.24) is 0 Å². The van der Waals surface area contributed by atoms with Gasteiger partial charge in [-0.1, -0.05) is 30.3 Å². The van der Waals surface area contributed by atoms with Gasteiger partial charge >= 0.3 is 0 Å². The number of anilines is 2. The second-order valence-electron chi connectivity index (χ2n) is 6.67. The highest BCUT2D eigenvalue weighted by molar-refractivity contribution is 6.46. The van der Waals surface area contributed by atoms with E-state index in [-0.39, 0.29) is 17.0 Å². The van der Waals surface area contributed by atoms with Gasteiger partial charge < -0.3 is 4.90 Å². The lowest BCUT2D eigenvalue weighted by molar-refractivity contribution is -0.120. The van der Waals surface area contributed by atoms with E-state index in [4.69, 9.17) is 0 Å². The first-order chi connectivity index (χ1) is 14.4. The summed E-state index contributed by atoms with van der Waals surface area (Å²) in [7, 11) is 1.62. The zero-order valence-corrected chi connectivity index (χ0v) is 15.8. The molecule has 7 heteroatoms. The van der Waals surface area contributed by atoms with Gasteiger partial charge in [0.1, 0.15) is 11.5 Å². The van der Waals surface area contributed by atoms with E-state index in [2.05, 4.69) is 0 Å². The molecule has 3 aromatic carbocycles. The predicted molar refractivity (Wildman–Crippen MR) is 107 cm³/mol. The largest absolute Gasteiger partial charge is 0.339 e. The van der Waals surface area contributed by atoms with E-state index < -0.39 is 29.3 Å². The first kappa shape index (κ1) is 19.4. The Morgan fingerprint density at radius 1 is 0.767 bits per heavy atom. The van der Waals surface area contributed by atoms with Crippen molar-refractivity contribution in [2.24, 2.45) is 0 Å². The Labute approximate surface area is 170 Å². The predicted octanol–water partition coefficient (Wildman–Crippen LogP) is 4.52. The number of benzene rings is 3. The summed E-state index contributed by atoms with van der Waals surface area (Å²) >= 11 is 0. The Bertz CT molecular complexity index is 1170. The van der Waals surface area contributed by atoms with E-state index in [1.807, 2.05) is 6.07 Å². The number of hydrogen-bond donors (Lipinski definition) is 0. The molecule has 0 aromatic heterocycles. The van der Waals surface area contributed by atoms with Gasteiger partial charge in [0, 0.05) is 18.8 Å². The van der Waals surface area contributed by atoms with Crippen LogP contribution < -0.4 is 9.80 Å². The summed E-state index contributed by atoms with van der Waals surface area (Å²) in [5.41, 5.74) is 0.955. The summed E-state index contributed by atoms with van der Waals surface area (Å²) in [5.74, 6) is -4.17. The molecular formula is C23H15F3N2O2. The van der Waals surface area contributed by atoms with E-state index in [9.17, 15) is 22.8 Å². The van der Waals surface area contributed by atoms with Crippen LogP contribution in [0.15, 0.2) is 78.5 Å². The van der Waals surface area contributed by atoms with Crippen molar-refractivity contribution in [3.8, 4) is 0 Å². The molecule has 0 saturated heterocycles. The summed E-state index contributed by atoms with van der Waals surface area (Å²) < 4.78 is 40.6. The zero-order valence-electron chi connectivity index (χ0n) is 15.8. The van der Waals surface area contributed by atoms with Crippen molar-refractivity contribution < 1.29 is 22.8 Å². The molecule has 1 aliphatic rings. The second-order valence-corrected chi connectivity index (χ2v) is 6.67. The van der Waals surface area contributed by atoms with Gasteiger partial charge in [-0.3, -0.25) is 9.59 Å². The number of nitrogens with zero attached hydrogens (tertiary/aromatic N) is 2. The maximum absolute atomic E-state index is 13.8. The third kappa shape index (κ3) is 3.24. The van der Waals surface area contributed by atoms with Crippen molar-refractivity contribution in [1.29, 1.82) is 0 Å². The monoisotopic (exact) mass is 408 g/mol. The number of para-hydroxylation sites is 1. The fraction of sp³-hybridized carbons (Fsp3) is 0.0435. The number of halogens is 3. The Morgan fingerprint density at radius 3 is 2.07 bits per heavy atom. The summed E-state index contributed by atoms with van der Waals surface area (Å²) in [6, 6.07) is 16.8. The Morgan fingerprint density at radius 2 is 1.43 bits per heavy atom. The van der Waals surface area contributed by atoms with E-state index in [1.54, 1.807) is 36.2 Å². The minimum absolute atomic E-state index is 0.0380. The highest BCUT2D eigenvalue weighted by Gasteiger charge is 2.42. The maximum atomic E-state index is 13.8. The van der Waals surface area contributed by atoms with Crippen LogP contribution >= 0.6 is 0 Å². The van der Waals surface area contributed by atoms with E-state index >= 15 is 0 Å². The lowest BCUT2D eigenvalue weighted by atomic mass is 10.0. The Hall–Kier alpha value is -3.87. The molecule has 0 bridgehead atoms. The molecule has 1 aliphatic heterocycles. The molecule has 1 heterocycles. The lowest BCUT2D eigenvalue weighted by Gasteiger charge is -2.21. The highest BCUT2D eigenvalue weighted by Crippen LogP contribution is 2.36. The third-order valence-electron chi connectivity index (χ3n) is 4.83. The van der Waals surface area contributed by atoms with Gasteiger partial charge in [-0.25, -0.2) is 18.1 Å². The first-order valence-electron chi connectivity index (χ1n) is 9.01. The maximum Gasteiger partial charge on any atom is 0.282 e. The van der Waals surface area contributed by atoms with Crippen LogP contribution in [0, 0.1) is 17.5 Å². The zero-order chi connectivity index (χ0) is 21.4. The van der Waals surface area contributed by atoms with Crippen LogP contribution in [0.2, 0.25) is 0 Å². The van der Waals surface area contributed by atoms with Crippen molar-refractivity contribution in [2.75, 3.05) is 16.8 Å². The minimum Gasteiger partial charge on any atom is -0.339 e. The lowest BCUT2D eigenvalue weighted by Crippen LogP contribution is -2.34. The average molecular weight is 408 g/mol. The fourth-order valence-corrected chi connectivity index (χ4v) is 3.35. The molecule has 0 unspecified atom stereocenters. The molecule has 0 atom stereocenters. The van der Waals surface area contributed by atoms with Crippen LogP contribution in [0.3, 0.4) is 0 Å². The van der Waals surface area contributed by atoms with Crippen molar-refractivity contribution in [2.45, 2.75) is 0 Å². The van der Waals surface area contributed by atoms with Crippen molar-refractivity contribution in [3.63, 3.8) is 0 Å². The number of hydrogen-bond acceptors (Lipinski definition) is 3. The first-order valence-corrected chi connectivity index (χ1v) is 9.01. The van der Waals surface area contributed by atoms with Gasteiger partial charge in [0.25, 0.3) is 11.8 Å². The van der Waals surface area contributed by atoms with Gasteiger partial charge in [0.15, 0.2) is 11.6 Å². The topological polar surface area (TPSA) is 40.6 Å². The van der Waals surface area contributed by atoms with Crippen molar-refractivity contribution >= 4 is 28.8 Å². The third-order valence-corrected chi connectivity index (χ3v) is 4.83. The number of likely N-dealkylation sites (N-methyl/N-ethyl adjacent to an activating group) is 1. The van der Waals surface area contributed by atoms with Crippen LogP contribution in [-0.4, -0.2) is 18.9 Å². The number of rotatable bonds is 4. The Balaban J connectivity index is 1.88. The van der Waals surface area contributed by atoms with Gasteiger partial charge in [-0.05, 0) is 42.0 Å². The SMILES string of the molecule is CN(C1=C(c2ccc(F)cc2)C(=O)N(c2ccc(F)c(F)c2)C1=O)c1ccccc1. The van der Waals surface area contributed by atoms with E-state index in [0.717, 1.165) is 23.1 Å². The molecule has 0 fully saturated rings. The highest BCUT2D eigenvalue weighted by atomic mass is 19.2. The minimum atomic E-state index is -1.18. The standard InChI is InChI=1S/C23H15F3N2O2/c1-27(16-5-3-2-4-6-16)21-20(14-7-9-15(24)10-8-14)22(29)28(23(21)30)17-11-12-18(25)19(26)13-17/h2-13H,1H3. The average Bonchev–Trinajstić information content (AvgIpc) is 3.01. The summed E-state index contributed by atoms with van der Waals surface area (Å²) in [5, 5.41) is 0. The van der Waals surface area contributed by atoms with Gasteiger partial charge in [-0.15, -0.1) is 0 Å². The van der Waals surface area contributed by atoms with Crippen LogP contribution in [-0.2, 0) is 9.59 Å². The van der Waals surface area contributed by atoms with Crippen LogP contribution in [0.25, 0.3) is 5.57 Å². The molecule has 30 heavy (non-hydrogen) atoms.